The molecular formula is C17H17N5OS. The minimum absolute atomic E-state index is 0.429. The third kappa shape index (κ3) is 3.26. The highest BCUT2D eigenvalue weighted by molar-refractivity contribution is 8.00. The summed E-state index contributed by atoms with van der Waals surface area (Å²) in [6.45, 7) is 2.01. The number of amides is 1. The number of aryl methyl sites for hydroxylation is 1. The number of nitrogen functional groups attached to an aromatic ring is 1. The van der Waals surface area contributed by atoms with E-state index in [-0.39, 0.29) is 0 Å². The molecule has 0 spiro atoms. The summed E-state index contributed by atoms with van der Waals surface area (Å²) in [5.74, 6) is 6.20. The van der Waals surface area contributed by atoms with Crippen LogP contribution in [0.2, 0.25) is 0 Å². The van der Waals surface area contributed by atoms with E-state index >= 15 is 0 Å². The molecule has 1 aromatic heterocycles. The highest BCUT2D eigenvalue weighted by atomic mass is 32.2. The van der Waals surface area contributed by atoms with Crippen molar-refractivity contribution in [2.75, 3.05) is 5.84 Å². The molecule has 0 radical (unpaired) electrons. The summed E-state index contributed by atoms with van der Waals surface area (Å²) in [7, 11) is 0. The molecule has 7 heteroatoms. The Bertz CT molecular complexity index is 845. The van der Waals surface area contributed by atoms with Gasteiger partial charge in [-0.1, -0.05) is 71.9 Å². The van der Waals surface area contributed by atoms with Gasteiger partial charge in [0.25, 0.3) is 0 Å². The van der Waals surface area contributed by atoms with Crippen molar-refractivity contribution in [2.24, 2.45) is 5.73 Å². The zero-order chi connectivity index (χ0) is 17.1. The lowest BCUT2D eigenvalue weighted by molar-refractivity contribution is -0.117. The molecule has 0 saturated carbocycles. The molecule has 3 rings (SSSR count). The van der Waals surface area contributed by atoms with Crippen LogP contribution in [-0.4, -0.2) is 20.8 Å². The number of nitrogens with zero attached hydrogens (tertiary/aromatic N) is 3. The van der Waals surface area contributed by atoms with E-state index in [1.807, 2.05) is 61.5 Å². The number of aromatic nitrogens is 3. The molecule has 0 aliphatic heterocycles. The Balaban J connectivity index is 1.90. The topological polar surface area (TPSA) is 99.8 Å². The SMILES string of the molecule is Cc1ccc(-c2nnc(SC(C(N)=O)c3ccccc3)n2N)cc1. The number of hydrogen-bond donors (Lipinski definition) is 2. The Morgan fingerprint density at radius 1 is 1.08 bits per heavy atom. The van der Waals surface area contributed by atoms with Gasteiger partial charge >= 0.3 is 0 Å². The van der Waals surface area contributed by atoms with Gasteiger partial charge in [-0.05, 0) is 12.5 Å². The lowest BCUT2D eigenvalue weighted by Gasteiger charge is -2.12. The van der Waals surface area contributed by atoms with Crippen molar-refractivity contribution in [2.45, 2.75) is 17.3 Å². The van der Waals surface area contributed by atoms with E-state index in [0.29, 0.717) is 11.0 Å². The van der Waals surface area contributed by atoms with Crippen LogP contribution in [0.25, 0.3) is 11.4 Å². The molecule has 0 aliphatic carbocycles. The standard InChI is InChI=1S/C17H17N5OS/c1-11-7-9-13(10-8-11)16-20-21-17(22(16)19)24-14(15(18)23)12-5-3-2-4-6-12/h2-10,14H,19H2,1H3,(H2,18,23). The van der Waals surface area contributed by atoms with Crippen molar-refractivity contribution in [3.63, 3.8) is 0 Å². The van der Waals surface area contributed by atoms with Gasteiger partial charge in [0.05, 0.1) is 0 Å². The van der Waals surface area contributed by atoms with E-state index in [4.69, 9.17) is 11.6 Å². The second-order valence-corrected chi connectivity index (χ2v) is 6.43. The Labute approximate surface area is 143 Å². The number of primary amides is 1. The van der Waals surface area contributed by atoms with Gasteiger partial charge in [-0.3, -0.25) is 4.79 Å². The van der Waals surface area contributed by atoms with E-state index in [2.05, 4.69) is 10.2 Å². The van der Waals surface area contributed by atoms with Crippen LogP contribution < -0.4 is 11.6 Å². The van der Waals surface area contributed by atoms with E-state index in [1.54, 1.807) is 0 Å². The molecule has 0 bridgehead atoms. The summed E-state index contributed by atoms with van der Waals surface area (Å²) in [5.41, 5.74) is 8.35. The molecule has 24 heavy (non-hydrogen) atoms. The first-order valence-corrected chi connectivity index (χ1v) is 8.22. The maximum atomic E-state index is 11.8. The van der Waals surface area contributed by atoms with E-state index < -0.39 is 11.2 Å². The number of thioether (sulfide) groups is 1. The number of carbonyl (C=O) groups excluding carboxylic acids is 1. The maximum Gasteiger partial charge on any atom is 0.235 e. The van der Waals surface area contributed by atoms with Crippen LogP contribution in [0.15, 0.2) is 59.8 Å². The molecule has 1 heterocycles. The molecule has 6 nitrogen and oxygen atoms in total. The first-order chi connectivity index (χ1) is 11.6. The molecule has 0 saturated heterocycles. The van der Waals surface area contributed by atoms with Crippen LogP contribution >= 0.6 is 11.8 Å². The summed E-state index contributed by atoms with van der Waals surface area (Å²) < 4.78 is 1.38. The summed E-state index contributed by atoms with van der Waals surface area (Å²) in [6.07, 6.45) is 0. The van der Waals surface area contributed by atoms with Gasteiger partial charge in [0, 0.05) is 5.56 Å². The molecule has 1 unspecified atom stereocenters. The van der Waals surface area contributed by atoms with Crippen LogP contribution in [-0.2, 0) is 4.79 Å². The molecule has 1 amide bonds. The fraction of sp³-hybridized carbons (Fsp3) is 0.118. The maximum absolute atomic E-state index is 11.8. The van der Waals surface area contributed by atoms with Crippen LogP contribution in [0.4, 0.5) is 0 Å². The van der Waals surface area contributed by atoms with Gasteiger partial charge in [-0.2, -0.15) is 0 Å². The van der Waals surface area contributed by atoms with Gasteiger partial charge in [0.15, 0.2) is 5.82 Å². The lowest BCUT2D eigenvalue weighted by atomic mass is 10.1. The number of benzene rings is 2. The number of hydrogen-bond acceptors (Lipinski definition) is 5. The fourth-order valence-electron chi connectivity index (χ4n) is 2.28. The molecule has 3 aromatic rings. The normalized spacial score (nSPS) is 12.0. The van der Waals surface area contributed by atoms with Gasteiger partial charge in [-0.25, -0.2) is 4.68 Å². The molecule has 2 aromatic carbocycles. The second kappa shape index (κ2) is 6.76. The highest BCUT2D eigenvalue weighted by Gasteiger charge is 2.23. The van der Waals surface area contributed by atoms with Crippen LogP contribution in [0, 0.1) is 6.92 Å². The first-order valence-electron chi connectivity index (χ1n) is 7.34. The van der Waals surface area contributed by atoms with Gasteiger partial charge in [-0.15, -0.1) is 10.2 Å². The molecule has 122 valence electrons. The van der Waals surface area contributed by atoms with Crippen molar-refractivity contribution >= 4 is 17.7 Å². The summed E-state index contributed by atoms with van der Waals surface area (Å²) in [6, 6.07) is 17.1. The van der Waals surface area contributed by atoms with Crippen molar-refractivity contribution in [1.82, 2.24) is 14.9 Å². The van der Waals surface area contributed by atoms with Gasteiger partial charge < -0.3 is 11.6 Å². The summed E-state index contributed by atoms with van der Waals surface area (Å²) >= 11 is 1.18. The zero-order valence-corrected chi connectivity index (χ0v) is 13.9. The molecular weight excluding hydrogens is 322 g/mol. The number of nitrogens with two attached hydrogens (primary N) is 2. The van der Waals surface area contributed by atoms with Crippen LogP contribution in [0.1, 0.15) is 16.4 Å². The second-order valence-electron chi connectivity index (χ2n) is 5.35. The summed E-state index contributed by atoms with van der Waals surface area (Å²) in [5, 5.41) is 8.09. The minimum atomic E-state index is -0.580. The average molecular weight is 339 g/mol. The third-order valence-electron chi connectivity index (χ3n) is 3.56. The van der Waals surface area contributed by atoms with E-state index in [1.165, 1.54) is 16.4 Å². The zero-order valence-electron chi connectivity index (χ0n) is 13.1. The third-order valence-corrected chi connectivity index (χ3v) is 4.79. The smallest absolute Gasteiger partial charge is 0.235 e. The monoisotopic (exact) mass is 339 g/mol. The van der Waals surface area contributed by atoms with E-state index in [9.17, 15) is 4.79 Å². The Kier molecular flexibility index (Phi) is 4.52. The van der Waals surface area contributed by atoms with Crippen LogP contribution in [0.3, 0.4) is 0 Å². The predicted molar refractivity (Wildman–Crippen MR) is 94.6 cm³/mol. The Hall–Kier alpha value is -2.80. The fourth-order valence-corrected chi connectivity index (χ4v) is 3.19. The molecule has 4 N–H and O–H groups in total. The number of rotatable bonds is 5. The molecule has 1 atom stereocenters. The van der Waals surface area contributed by atoms with Crippen molar-refractivity contribution < 1.29 is 4.79 Å². The predicted octanol–water partition coefficient (Wildman–Crippen LogP) is 2.29. The minimum Gasteiger partial charge on any atom is -0.368 e. The largest absolute Gasteiger partial charge is 0.368 e. The Morgan fingerprint density at radius 3 is 2.38 bits per heavy atom. The average Bonchev–Trinajstić information content (AvgIpc) is 2.94. The lowest BCUT2D eigenvalue weighted by Crippen LogP contribution is -2.20. The Morgan fingerprint density at radius 2 is 1.75 bits per heavy atom. The van der Waals surface area contributed by atoms with Crippen LogP contribution in [0.5, 0.6) is 0 Å². The van der Waals surface area contributed by atoms with Gasteiger partial charge in [0.2, 0.25) is 11.1 Å². The first kappa shape index (κ1) is 16.1. The molecule has 0 aliphatic rings. The highest BCUT2D eigenvalue weighted by Crippen LogP contribution is 2.34. The van der Waals surface area contributed by atoms with E-state index in [0.717, 1.165) is 16.7 Å². The van der Waals surface area contributed by atoms with Gasteiger partial charge in [0.1, 0.15) is 5.25 Å². The quantitative estimate of drug-likeness (QED) is 0.549. The van der Waals surface area contributed by atoms with Crippen molar-refractivity contribution in [1.29, 1.82) is 0 Å². The summed E-state index contributed by atoms with van der Waals surface area (Å²) in [4.78, 5) is 11.8. The van der Waals surface area contributed by atoms with Crippen molar-refractivity contribution in [3.05, 3.63) is 65.7 Å². The molecule has 0 fully saturated rings. The number of carbonyl (C=O) groups is 1. The van der Waals surface area contributed by atoms with Crippen molar-refractivity contribution in [3.8, 4) is 11.4 Å².